The Morgan fingerprint density at radius 2 is 1.72 bits per heavy atom. The summed E-state index contributed by atoms with van der Waals surface area (Å²) < 4.78 is 0. The van der Waals surface area contributed by atoms with Gasteiger partial charge in [-0.3, -0.25) is 9.59 Å². The van der Waals surface area contributed by atoms with Crippen molar-refractivity contribution in [1.29, 1.82) is 0 Å². The number of amides is 2. The van der Waals surface area contributed by atoms with E-state index >= 15 is 0 Å². The number of hydrogen-bond donors (Lipinski definition) is 2. The number of nitrogens with zero attached hydrogens (tertiary/aromatic N) is 1. The first-order chi connectivity index (χ1) is 14.1. The molecule has 0 unspecified atom stereocenters. The van der Waals surface area contributed by atoms with Crippen LogP contribution in [0.2, 0.25) is 0 Å². The lowest BCUT2D eigenvalue weighted by molar-refractivity contribution is -0.114. The van der Waals surface area contributed by atoms with E-state index in [9.17, 15) is 9.59 Å². The average Bonchev–Trinajstić information content (AvgIpc) is 2.72. The smallest absolute Gasteiger partial charge is 0.248 e. The standard InChI is InChI=1S/C24H19N3O2/c1-18(28)26-22-13-8-19(9-14-22)11-15-24(29)27-23-7-4-5-20(17-23)10-12-21-6-2-3-16-25-21/h2-9,11,13-17H,1H3,(H,26,28)(H,27,29)/b15-11+. The van der Waals surface area contributed by atoms with Crippen molar-refractivity contribution < 1.29 is 9.59 Å². The van der Waals surface area contributed by atoms with E-state index in [1.54, 1.807) is 30.5 Å². The number of pyridine rings is 1. The van der Waals surface area contributed by atoms with Crippen LogP contribution >= 0.6 is 0 Å². The fraction of sp³-hybridized carbons (Fsp3) is 0.0417. The molecule has 1 aromatic heterocycles. The lowest BCUT2D eigenvalue weighted by atomic mass is 10.2. The molecule has 0 spiro atoms. The molecular formula is C24H19N3O2. The van der Waals surface area contributed by atoms with Crippen LogP contribution < -0.4 is 10.6 Å². The minimum atomic E-state index is -0.245. The normalized spacial score (nSPS) is 10.1. The molecule has 0 bridgehead atoms. The van der Waals surface area contributed by atoms with Gasteiger partial charge in [0, 0.05) is 36.1 Å². The fourth-order valence-corrected chi connectivity index (χ4v) is 2.48. The van der Waals surface area contributed by atoms with E-state index in [1.165, 1.54) is 13.0 Å². The van der Waals surface area contributed by atoms with Crippen molar-refractivity contribution in [2.75, 3.05) is 10.6 Å². The third-order valence-corrected chi connectivity index (χ3v) is 3.79. The Kier molecular flexibility index (Phi) is 6.53. The second-order valence-electron chi connectivity index (χ2n) is 6.17. The first-order valence-electron chi connectivity index (χ1n) is 8.98. The number of anilines is 2. The van der Waals surface area contributed by atoms with Crippen molar-refractivity contribution in [3.05, 3.63) is 95.8 Å². The van der Waals surface area contributed by atoms with Gasteiger partial charge in [-0.1, -0.05) is 30.2 Å². The van der Waals surface area contributed by atoms with Crippen molar-refractivity contribution >= 4 is 29.3 Å². The maximum absolute atomic E-state index is 12.2. The molecule has 0 saturated heterocycles. The van der Waals surface area contributed by atoms with E-state index in [1.807, 2.05) is 48.5 Å². The quantitative estimate of drug-likeness (QED) is 0.528. The number of nitrogens with one attached hydrogen (secondary N) is 2. The van der Waals surface area contributed by atoms with Crippen LogP contribution in [-0.4, -0.2) is 16.8 Å². The highest BCUT2D eigenvalue weighted by atomic mass is 16.2. The molecule has 0 atom stereocenters. The van der Waals surface area contributed by atoms with Crippen LogP contribution in [0.3, 0.4) is 0 Å². The van der Waals surface area contributed by atoms with E-state index in [0.717, 1.165) is 11.1 Å². The summed E-state index contributed by atoms with van der Waals surface area (Å²) in [4.78, 5) is 27.4. The second-order valence-corrected chi connectivity index (χ2v) is 6.17. The van der Waals surface area contributed by atoms with Crippen molar-refractivity contribution in [3.8, 4) is 11.8 Å². The van der Waals surface area contributed by atoms with Crippen LogP contribution in [0.25, 0.3) is 6.08 Å². The van der Waals surface area contributed by atoms with E-state index in [4.69, 9.17) is 0 Å². The molecule has 1 heterocycles. The van der Waals surface area contributed by atoms with Gasteiger partial charge in [0.05, 0.1) is 0 Å². The van der Waals surface area contributed by atoms with Gasteiger partial charge >= 0.3 is 0 Å². The Bertz CT molecular complexity index is 1090. The van der Waals surface area contributed by atoms with Gasteiger partial charge in [-0.25, -0.2) is 4.98 Å². The monoisotopic (exact) mass is 381 g/mol. The first kappa shape index (κ1) is 19.6. The molecule has 142 valence electrons. The molecule has 0 fully saturated rings. The van der Waals surface area contributed by atoms with Gasteiger partial charge in [-0.05, 0) is 60.0 Å². The van der Waals surface area contributed by atoms with Gasteiger partial charge in [-0.15, -0.1) is 0 Å². The number of aromatic nitrogens is 1. The summed E-state index contributed by atoms with van der Waals surface area (Å²) in [7, 11) is 0. The van der Waals surface area contributed by atoms with Gasteiger partial charge in [-0.2, -0.15) is 0 Å². The van der Waals surface area contributed by atoms with Crippen LogP contribution in [0.4, 0.5) is 11.4 Å². The van der Waals surface area contributed by atoms with Crippen molar-refractivity contribution in [2.45, 2.75) is 6.92 Å². The summed E-state index contributed by atoms with van der Waals surface area (Å²) >= 11 is 0. The van der Waals surface area contributed by atoms with Gasteiger partial charge < -0.3 is 10.6 Å². The summed E-state index contributed by atoms with van der Waals surface area (Å²) in [5.74, 6) is 5.66. The number of carbonyl (C=O) groups is 2. The summed E-state index contributed by atoms with van der Waals surface area (Å²) in [5.41, 5.74) is 3.70. The summed E-state index contributed by atoms with van der Waals surface area (Å²) in [6.07, 6.45) is 4.86. The SMILES string of the molecule is CC(=O)Nc1ccc(/C=C/C(=O)Nc2cccc(C#Cc3ccccn3)c2)cc1. The maximum Gasteiger partial charge on any atom is 0.248 e. The van der Waals surface area contributed by atoms with Crippen molar-refractivity contribution in [1.82, 2.24) is 4.98 Å². The summed E-state index contributed by atoms with van der Waals surface area (Å²) in [5, 5.41) is 5.52. The minimum absolute atomic E-state index is 0.125. The Hall–Kier alpha value is -4.17. The molecule has 5 heteroatoms. The fourth-order valence-electron chi connectivity index (χ4n) is 2.48. The van der Waals surface area contributed by atoms with E-state index in [-0.39, 0.29) is 11.8 Å². The van der Waals surface area contributed by atoms with E-state index < -0.39 is 0 Å². The Morgan fingerprint density at radius 1 is 0.897 bits per heavy atom. The van der Waals surface area contributed by atoms with Crippen LogP contribution in [-0.2, 0) is 9.59 Å². The Labute approximate surface area is 169 Å². The van der Waals surface area contributed by atoms with Crippen molar-refractivity contribution in [2.24, 2.45) is 0 Å². The molecule has 2 N–H and O–H groups in total. The van der Waals surface area contributed by atoms with Gasteiger partial charge in [0.25, 0.3) is 0 Å². The van der Waals surface area contributed by atoms with E-state index in [2.05, 4.69) is 27.5 Å². The molecule has 3 rings (SSSR count). The lowest BCUT2D eigenvalue weighted by Crippen LogP contribution is -2.07. The van der Waals surface area contributed by atoms with Crippen LogP contribution in [0, 0.1) is 11.8 Å². The molecule has 3 aromatic rings. The predicted molar refractivity (Wildman–Crippen MR) is 115 cm³/mol. The number of benzene rings is 2. The molecule has 0 aliphatic heterocycles. The second kappa shape index (κ2) is 9.67. The van der Waals surface area contributed by atoms with Crippen molar-refractivity contribution in [3.63, 3.8) is 0 Å². The Morgan fingerprint density at radius 3 is 2.45 bits per heavy atom. The number of carbonyl (C=O) groups excluding carboxylic acids is 2. The molecule has 2 amide bonds. The third-order valence-electron chi connectivity index (χ3n) is 3.79. The van der Waals surface area contributed by atoms with Gasteiger partial charge in [0.2, 0.25) is 11.8 Å². The average molecular weight is 381 g/mol. The molecule has 2 aromatic carbocycles. The van der Waals surface area contributed by atoms with Crippen LogP contribution in [0.1, 0.15) is 23.7 Å². The Balaban J connectivity index is 1.61. The highest BCUT2D eigenvalue weighted by molar-refractivity contribution is 6.02. The van der Waals surface area contributed by atoms with E-state index in [0.29, 0.717) is 17.1 Å². The topological polar surface area (TPSA) is 71.1 Å². The molecule has 0 aliphatic carbocycles. The number of hydrogen-bond acceptors (Lipinski definition) is 3. The highest BCUT2D eigenvalue weighted by Crippen LogP contribution is 2.12. The van der Waals surface area contributed by atoms with Crippen LogP contribution in [0.15, 0.2) is 79.0 Å². The minimum Gasteiger partial charge on any atom is -0.326 e. The molecule has 0 aliphatic rings. The molecule has 29 heavy (non-hydrogen) atoms. The number of rotatable bonds is 4. The molecule has 5 nitrogen and oxygen atoms in total. The zero-order valence-corrected chi connectivity index (χ0v) is 15.8. The summed E-state index contributed by atoms with van der Waals surface area (Å²) in [6, 6.07) is 20.1. The molecule has 0 saturated carbocycles. The predicted octanol–water partition coefficient (Wildman–Crippen LogP) is 4.09. The largest absolute Gasteiger partial charge is 0.326 e. The highest BCUT2D eigenvalue weighted by Gasteiger charge is 1.99. The zero-order valence-electron chi connectivity index (χ0n) is 15.8. The van der Waals surface area contributed by atoms with Gasteiger partial charge in [0.1, 0.15) is 5.69 Å². The summed E-state index contributed by atoms with van der Waals surface area (Å²) in [6.45, 7) is 1.46. The molecule has 0 radical (unpaired) electrons. The third kappa shape index (κ3) is 6.49. The van der Waals surface area contributed by atoms with Gasteiger partial charge in [0.15, 0.2) is 0 Å². The first-order valence-corrected chi connectivity index (χ1v) is 8.98. The van der Waals surface area contributed by atoms with Crippen LogP contribution in [0.5, 0.6) is 0 Å². The lowest BCUT2D eigenvalue weighted by Gasteiger charge is -2.03. The maximum atomic E-state index is 12.2. The molecular weight excluding hydrogens is 362 g/mol. The zero-order chi connectivity index (χ0) is 20.5.